The van der Waals surface area contributed by atoms with E-state index >= 15 is 0 Å². The summed E-state index contributed by atoms with van der Waals surface area (Å²) in [6, 6.07) is 2.62. The van der Waals surface area contributed by atoms with Gasteiger partial charge in [-0.3, -0.25) is 14.5 Å². The number of amides is 2. The molecule has 0 bridgehead atoms. The van der Waals surface area contributed by atoms with Crippen molar-refractivity contribution >= 4 is 23.5 Å². The second kappa shape index (κ2) is 5.73. The number of hydrogen-bond acceptors (Lipinski definition) is 6. The van der Waals surface area contributed by atoms with Crippen LogP contribution in [0.4, 0.5) is 11.6 Å². The minimum Gasteiger partial charge on any atom is -0.475 e. The van der Waals surface area contributed by atoms with Crippen molar-refractivity contribution in [3.8, 4) is 5.75 Å². The molecular formula is C12H14N4O5. The number of nitro groups is 1. The lowest BCUT2D eigenvalue weighted by Crippen LogP contribution is -2.45. The van der Waals surface area contributed by atoms with Crippen molar-refractivity contribution in [2.45, 2.75) is 25.9 Å². The Morgan fingerprint density at radius 1 is 1.57 bits per heavy atom. The molecule has 112 valence electrons. The average Bonchev–Trinajstić information content (AvgIpc) is 2.42. The fraction of sp³-hybridized carbons (Fsp3) is 0.417. The van der Waals surface area contributed by atoms with E-state index < -0.39 is 16.9 Å². The van der Waals surface area contributed by atoms with E-state index in [2.05, 4.69) is 4.98 Å². The highest BCUT2D eigenvalue weighted by Crippen LogP contribution is 2.34. The van der Waals surface area contributed by atoms with Crippen LogP contribution < -0.4 is 15.4 Å². The summed E-state index contributed by atoms with van der Waals surface area (Å²) in [4.78, 5) is 38.1. The quantitative estimate of drug-likeness (QED) is 0.617. The summed E-state index contributed by atoms with van der Waals surface area (Å²) in [5.74, 6) is -0.820. The van der Waals surface area contributed by atoms with Gasteiger partial charge in [0, 0.05) is 19.0 Å². The van der Waals surface area contributed by atoms with Crippen LogP contribution in [0.5, 0.6) is 5.75 Å². The molecule has 1 atom stereocenters. The molecular weight excluding hydrogens is 280 g/mol. The van der Waals surface area contributed by atoms with Crippen molar-refractivity contribution in [1.29, 1.82) is 0 Å². The summed E-state index contributed by atoms with van der Waals surface area (Å²) >= 11 is 0. The zero-order valence-corrected chi connectivity index (χ0v) is 11.3. The number of aromatic nitrogens is 1. The first-order chi connectivity index (χ1) is 9.90. The van der Waals surface area contributed by atoms with Gasteiger partial charge in [-0.05, 0) is 29.3 Å². The number of hydrogen-bond donors (Lipinski definition) is 1. The second-order valence-electron chi connectivity index (χ2n) is 4.57. The lowest BCUT2D eigenvalue weighted by Gasteiger charge is -2.29. The minimum atomic E-state index is -0.714. The van der Waals surface area contributed by atoms with Crippen LogP contribution in [0.25, 0.3) is 0 Å². The molecule has 1 aromatic heterocycles. The summed E-state index contributed by atoms with van der Waals surface area (Å²) in [7, 11) is 0. The highest BCUT2D eigenvalue weighted by atomic mass is 16.6. The number of primary amides is 1. The van der Waals surface area contributed by atoms with Crippen LogP contribution in [0.2, 0.25) is 0 Å². The number of nitrogens with two attached hydrogens (primary N) is 1. The lowest BCUT2D eigenvalue weighted by atomic mass is 10.2. The fourth-order valence-corrected chi connectivity index (χ4v) is 2.00. The van der Waals surface area contributed by atoms with Gasteiger partial charge >= 0.3 is 5.82 Å². The van der Waals surface area contributed by atoms with Gasteiger partial charge in [0.2, 0.25) is 5.91 Å². The molecule has 0 radical (unpaired) electrons. The molecule has 0 aliphatic carbocycles. The zero-order valence-electron chi connectivity index (χ0n) is 11.3. The predicted octanol–water partition coefficient (Wildman–Crippen LogP) is 0.369. The average molecular weight is 294 g/mol. The van der Waals surface area contributed by atoms with Crippen LogP contribution in [0.1, 0.15) is 19.8 Å². The molecule has 9 nitrogen and oxygen atoms in total. The summed E-state index contributed by atoms with van der Waals surface area (Å²) in [5.41, 5.74) is 5.06. The molecule has 2 N–H and O–H groups in total. The number of pyridine rings is 1. The lowest BCUT2D eigenvalue weighted by molar-refractivity contribution is -0.389. The zero-order chi connectivity index (χ0) is 15.6. The molecule has 2 rings (SSSR count). The molecule has 0 saturated heterocycles. The van der Waals surface area contributed by atoms with Crippen molar-refractivity contribution in [2.75, 3.05) is 11.4 Å². The predicted molar refractivity (Wildman–Crippen MR) is 71.8 cm³/mol. The van der Waals surface area contributed by atoms with Crippen LogP contribution in [-0.4, -0.2) is 34.4 Å². The maximum Gasteiger partial charge on any atom is 0.366 e. The Morgan fingerprint density at radius 2 is 2.29 bits per heavy atom. The SMILES string of the molecule is CC1Oc2ccc([N+](=O)[O-])nc2N(CCCC(N)=O)C1=O. The normalized spacial score (nSPS) is 17.1. The van der Waals surface area contributed by atoms with Gasteiger partial charge in [-0.1, -0.05) is 0 Å². The van der Waals surface area contributed by atoms with Gasteiger partial charge < -0.3 is 20.6 Å². The van der Waals surface area contributed by atoms with Crippen LogP contribution in [0.15, 0.2) is 12.1 Å². The number of carbonyl (C=O) groups excluding carboxylic acids is 2. The molecule has 0 spiro atoms. The number of ether oxygens (including phenoxy) is 1. The van der Waals surface area contributed by atoms with Crippen molar-refractivity contribution in [2.24, 2.45) is 5.73 Å². The van der Waals surface area contributed by atoms with Gasteiger partial charge in [0.25, 0.3) is 11.7 Å². The fourth-order valence-electron chi connectivity index (χ4n) is 2.00. The maximum atomic E-state index is 12.1. The molecule has 0 aromatic carbocycles. The highest BCUT2D eigenvalue weighted by molar-refractivity contribution is 5.98. The molecule has 1 aliphatic heterocycles. The third kappa shape index (κ3) is 3.07. The van der Waals surface area contributed by atoms with E-state index in [1.165, 1.54) is 17.0 Å². The summed E-state index contributed by atoms with van der Waals surface area (Å²) < 4.78 is 5.37. The highest BCUT2D eigenvalue weighted by Gasteiger charge is 2.36. The van der Waals surface area contributed by atoms with Crippen LogP contribution in [-0.2, 0) is 9.59 Å². The van der Waals surface area contributed by atoms with E-state index in [1.54, 1.807) is 6.92 Å². The Kier molecular flexibility index (Phi) is 4.01. The standard InChI is InChI=1S/C12H14N4O5/c1-7-12(18)15(6-2-3-9(13)17)11-8(21-7)4-5-10(14-11)16(19)20/h4-5,7H,2-3,6H2,1H3,(H2,13,17). The van der Waals surface area contributed by atoms with E-state index in [9.17, 15) is 19.7 Å². The first-order valence-corrected chi connectivity index (χ1v) is 6.32. The Bertz CT molecular complexity index is 603. The van der Waals surface area contributed by atoms with Crippen LogP contribution in [0.3, 0.4) is 0 Å². The first-order valence-electron chi connectivity index (χ1n) is 6.32. The molecule has 1 unspecified atom stereocenters. The number of anilines is 1. The first kappa shape index (κ1) is 14.7. The topological polar surface area (TPSA) is 129 Å². The summed E-state index contributed by atoms with van der Waals surface area (Å²) in [6.07, 6.45) is -0.254. The Labute approximate surface area is 119 Å². The number of carbonyl (C=O) groups is 2. The van der Waals surface area contributed by atoms with E-state index in [4.69, 9.17) is 10.5 Å². The third-order valence-corrected chi connectivity index (χ3v) is 2.99. The monoisotopic (exact) mass is 294 g/mol. The minimum absolute atomic E-state index is 0.0942. The molecule has 0 saturated carbocycles. The molecule has 2 amide bonds. The van der Waals surface area contributed by atoms with Gasteiger partial charge in [0.15, 0.2) is 11.9 Å². The number of fused-ring (bicyclic) bond motifs is 1. The van der Waals surface area contributed by atoms with E-state index in [1.807, 2.05) is 0 Å². The smallest absolute Gasteiger partial charge is 0.366 e. The Morgan fingerprint density at radius 3 is 2.90 bits per heavy atom. The van der Waals surface area contributed by atoms with Gasteiger partial charge in [0.1, 0.15) is 0 Å². The molecule has 1 aromatic rings. The maximum absolute atomic E-state index is 12.1. The van der Waals surface area contributed by atoms with Crippen molar-refractivity contribution in [3.63, 3.8) is 0 Å². The molecule has 2 heterocycles. The largest absolute Gasteiger partial charge is 0.475 e. The molecule has 21 heavy (non-hydrogen) atoms. The molecule has 1 aliphatic rings. The van der Waals surface area contributed by atoms with E-state index in [0.29, 0.717) is 12.2 Å². The van der Waals surface area contributed by atoms with Crippen molar-refractivity contribution in [1.82, 2.24) is 4.98 Å². The number of rotatable bonds is 5. The Balaban J connectivity index is 2.30. The van der Waals surface area contributed by atoms with Crippen molar-refractivity contribution < 1.29 is 19.2 Å². The van der Waals surface area contributed by atoms with E-state index in [-0.39, 0.29) is 30.5 Å². The molecule has 0 fully saturated rings. The van der Waals surface area contributed by atoms with Crippen molar-refractivity contribution in [3.05, 3.63) is 22.2 Å². The molecule has 9 heteroatoms. The van der Waals surface area contributed by atoms with Crippen LogP contribution >= 0.6 is 0 Å². The van der Waals surface area contributed by atoms with Gasteiger partial charge in [-0.25, -0.2) is 0 Å². The van der Waals surface area contributed by atoms with Gasteiger partial charge in [0.05, 0.1) is 0 Å². The number of nitrogens with zero attached hydrogens (tertiary/aromatic N) is 3. The van der Waals surface area contributed by atoms with Crippen LogP contribution in [0, 0.1) is 10.1 Å². The second-order valence-corrected chi connectivity index (χ2v) is 4.57. The van der Waals surface area contributed by atoms with E-state index in [0.717, 1.165) is 0 Å². The summed E-state index contributed by atoms with van der Waals surface area (Å²) in [6.45, 7) is 1.77. The summed E-state index contributed by atoms with van der Waals surface area (Å²) in [5, 5.41) is 10.8. The third-order valence-electron chi connectivity index (χ3n) is 2.99. The van der Waals surface area contributed by atoms with Gasteiger partial charge in [-0.15, -0.1) is 0 Å². The van der Waals surface area contributed by atoms with Gasteiger partial charge in [-0.2, -0.15) is 0 Å². The Hall–Kier alpha value is -2.71.